The van der Waals surface area contributed by atoms with Crippen LogP contribution in [0.2, 0.25) is 0 Å². The fourth-order valence-electron chi connectivity index (χ4n) is 0.534. The van der Waals surface area contributed by atoms with Crippen molar-refractivity contribution >= 4 is 5.97 Å². The standard InChI is InChI=1S/C6H12NO2/c1-4(2)3-5(7)6(8)9/h4-5H,1,3,7H2,2H3,(H,8,9). The summed E-state index contributed by atoms with van der Waals surface area (Å²) in [4.78, 5) is 10.1. The molecule has 0 aromatic carbocycles. The summed E-state index contributed by atoms with van der Waals surface area (Å²) in [7, 11) is 0. The maximum absolute atomic E-state index is 10.1. The van der Waals surface area contributed by atoms with Gasteiger partial charge >= 0.3 is 5.97 Å². The zero-order chi connectivity index (χ0) is 7.44. The Morgan fingerprint density at radius 2 is 2.33 bits per heavy atom. The van der Waals surface area contributed by atoms with E-state index >= 15 is 0 Å². The van der Waals surface area contributed by atoms with Crippen LogP contribution >= 0.6 is 0 Å². The van der Waals surface area contributed by atoms with E-state index in [1.165, 1.54) is 0 Å². The Bertz CT molecular complexity index is 101. The van der Waals surface area contributed by atoms with E-state index in [1.54, 1.807) is 0 Å². The second-order valence-corrected chi connectivity index (χ2v) is 2.29. The molecule has 0 aromatic rings. The maximum Gasteiger partial charge on any atom is 0.320 e. The van der Waals surface area contributed by atoms with Crippen molar-refractivity contribution in [2.75, 3.05) is 0 Å². The monoisotopic (exact) mass is 130 g/mol. The lowest BCUT2D eigenvalue weighted by Gasteiger charge is -2.07. The molecule has 3 N–H and O–H groups in total. The molecule has 0 amide bonds. The molecule has 0 aliphatic rings. The van der Waals surface area contributed by atoms with Crippen molar-refractivity contribution in [1.82, 2.24) is 0 Å². The molecule has 0 aliphatic heterocycles. The van der Waals surface area contributed by atoms with Gasteiger partial charge in [-0.1, -0.05) is 13.8 Å². The summed E-state index contributed by atoms with van der Waals surface area (Å²) in [6.45, 7) is 5.45. The first kappa shape index (κ1) is 8.43. The molecule has 3 nitrogen and oxygen atoms in total. The van der Waals surface area contributed by atoms with Gasteiger partial charge in [-0.15, -0.1) is 0 Å². The van der Waals surface area contributed by atoms with Gasteiger partial charge in [-0.05, 0) is 12.3 Å². The van der Waals surface area contributed by atoms with Crippen LogP contribution in [-0.2, 0) is 4.79 Å². The zero-order valence-corrected chi connectivity index (χ0v) is 5.50. The summed E-state index contributed by atoms with van der Waals surface area (Å²) in [5.74, 6) is -0.846. The lowest BCUT2D eigenvalue weighted by Crippen LogP contribution is -2.31. The largest absolute Gasteiger partial charge is 0.480 e. The molecule has 3 heteroatoms. The van der Waals surface area contributed by atoms with Crippen molar-refractivity contribution in [3.05, 3.63) is 6.92 Å². The van der Waals surface area contributed by atoms with Crippen molar-refractivity contribution in [2.24, 2.45) is 11.7 Å². The third-order valence-corrected chi connectivity index (χ3v) is 0.974. The van der Waals surface area contributed by atoms with Crippen molar-refractivity contribution < 1.29 is 9.90 Å². The molecular weight excluding hydrogens is 118 g/mol. The fourth-order valence-corrected chi connectivity index (χ4v) is 0.534. The minimum atomic E-state index is -0.953. The zero-order valence-electron chi connectivity index (χ0n) is 5.50. The van der Waals surface area contributed by atoms with Gasteiger partial charge in [0.25, 0.3) is 0 Å². The number of carboxylic acids is 1. The molecule has 0 heterocycles. The molecule has 0 aromatic heterocycles. The Balaban J connectivity index is 3.50. The van der Waals surface area contributed by atoms with Crippen LogP contribution in [0.4, 0.5) is 0 Å². The molecule has 2 unspecified atom stereocenters. The first-order valence-corrected chi connectivity index (χ1v) is 2.85. The Labute approximate surface area is 54.9 Å². The molecule has 1 radical (unpaired) electrons. The fraction of sp³-hybridized carbons (Fsp3) is 0.667. The molecule has 0 rings (SSSR count). The lowest BCUT2D eigenvalue weighted by molar-refractivity contribution is -0.138. The minimum absolute atomic E-state index is 0.107. The molecule has 0 fully saturated rings. The molecule has 53 valence electrons. The third-order valence-electron chi connectivity index (χ3n) is 0.974. The molecule has 0 spiro atoms. The van der Waals surface area contributed by atoms with E-state index in [2.05, 4.69) is 6.92 Å². The molecule has 0 saturated heterocycles. The first-order chi connectivity index (χ1) is 4.04. The van der Waals surface area contributed by atoms with Gasteiger partial charge in [-0.2, -0.15) is 0 Å². The highest BCUT2D eigenvalue weighted by Crippen LogP contribution is 2.01. The average Bonchev–Trinajstić information content (AvgIpc) is 1.63. The minimum Gasteiger partial charge on any atom is -0.480 e. The number of hydrogen-bond donors (Lipinski definition) is 2. The van der Waals surface area contributed by atoms with Gasteiger partial charge < -0.3 is 10.8 Å². The molecular formula is C6H12NO2. The summed E-state index contributed by atoms with van der Waals surface area (Å²) in [5, 5.41) is 8.28. The van der Waals surface area contributed by atoms with E-state index < -0.39 is 12.0 Å². The summed E-state index contributed by atoms with van der Waals surface area (Å²) in [5.41, 5.74) is 5.18. The van der Waals surface area contributed by atoms with Crippen LogP contribution in [0, 0.1) is 12.8 Å². The van der Waals surface area contributed by atoms with E-state index in [0.29, 0.717) is 6.42 Å². The van der Waals surface area contributed by atoms with Crippen LogP contribution in [-0.4, -0.2) is 17.1 Å². The normalized spacial score (nSPS) is 13.8. The van der Waals surface area contributed by atoms with Crippen LogP contribution in [0.5, 0.6) is 0 Å². The highest BCUT2D eigenvalue weighted by Gasteiger charge is 2.11. The van der Waals surface area contributed by atoms with Gasteiger partial charge in [-0.25, -0.2) is 0 Å². The second-order valence-electron chi connectivity index (χ2n) is 2.29. The molecule has 0 bridgehead atoms. The van der Waals surface area contributed by atoms with Gasteiger partial charge in [-0.3, -0.25) is 4.79 Å². The van der Waals surface area contributed by atoms with Crippen LogP contribution < -0.4 is 5.73 Å². The maximum atomic E-state index is 10.1. The van der Waals surface area contributed by atoms with E-state index in [-0.39, 0.29) is 5.92 Å². The number of nitrogens with two attached hydrogens (primary N) is 1. The molecule has 2 atom stereocenters. The Morgan fingerprint density at radius 1 is 1.89 bits per heavy atom. The van der Waals surface area contributed by atoms with Crippen LogP contribution in [0.3, 0.4) is 0 Å². The molecule has 0 aliphatic carbocycles. The van der Waals surface area contributed by atoms with E-state index in [9.17, 15) is 4.79 Å². The highest BCUT2D eigenvalue weighted by molar-refractivity contribution is 5.72. The quantitative estimate of drug-likeness (QED) is 0.576. The van der Waals surface area contributed by atoms with Gasteiger partial charge in [0, 0.05) is 0 Å². The third kappa shape index (κ3) is 3.97. The van der Waals surface area contributed by atoms with Crippen LogP contribution in [0.1, 0.15) is 13.3 Å². The lowest BCUT2D eigenvalue weighted by atomic mass is 10.1. The predicted octanol–water partition coefficient (Wildman–Crippen LogP) is 0.259. The van der Waals surface area contributed by atoms with E-state index in [4.69, 9.17) is 10.8 Å². The summed E-state index contributed by atoms with van der Waals surface area (Å²) >= 11 is 0. The smallest absolute Gasteiger partial charge is 0.320 e. The van der Waals surface area contributed by atoms with E-state index in [1.807, 2.05) is 6.92 Å². The van der Waals surface area contributed by atoms with Gasteiger partial charge in [0.15, 0.2) is 0 Å². The topological polar surface area (TPSA) is 63.3 Å². The number of carbonyl (C=O) groups is 1. The van der Waals surface area contributed by atoms with Crippen molar-refractivity contribution in [1.29, 1.82) is 0 Å². The SMILES string of the molecule is [CH2]C(C)CC(N)C(=O)O. The second kappa shape index (κ2) is 3.45. The summed E-state index contributed by atoms with van der Waals surface area (Å²) < 4.78 is 0. The van der Waals surface area contributed by atoms with Gasteiger partial charge in [0.2, 0.25) is 0 Å². The number of rotatable bonds is 3. The number of hydrogen-bond acceptors (Lipinski definition) is 2. The predicted molar refractivity (Wildman–Crippen MR) is 34.7 cm³/mol. The van der Waals surface area contributed by atoms with Crippen molar-refractivity contribution in [3.8, 4) is 0 Å². The first-order valence-electron chi connectivity index (χ1n) is 2.85. The average molecular weight is 130 g/mol. The Morgan fingerprint density at radius 3 is 2.44 bits per heavy atom. The van der Waals surface area contributed by atoms with Crippen LogP contribution in [0.25, 0.3) is 0 Å². The van der Waals surface area contributed by atoms with Gasteiger partial charge in [0.1, 0.15) is 6.04 Å². The number of carboxylic acid groups (broad SMARTS) is 1. The summed E-state index contributed by atoms with van der Waals surface area (Å²) in [6.07, 6.45) is 0.440. The molecule has 0 saturated carbocycles. The molecule has 9 heavy (non-hydrogen) atoms. The van der Waals surface area contributed by atoms with E-state index in [0.717, 1.165) is 0 Å². The Kier molecular flexibility index (Phi) is 3.24. The van der Waals surface area contributed by atoms with Crippen molar-refractivity contribution in [3.63, 3.8) is 0 Å². The Hall–Kier alpha value is -0.570. The summed E-state index contributed by atoms with van der Waals surface area (Å²) in [6, 6.07) is -0.752. The van der Waals surface area contributed by atoms with Gasteiger partial charge in [0.05, 0.1) is 0 Å². The highest BCUT2D eigenvalue weighted by atomic mass is 16.4. The number of aliphatic carboxylic acids is 1. The van der Waals surface area contributed by atoms with Crippen molar-refractivity contribution in [2.45, 2.75) is 19.4 Å². The van der Waals surface area contributed by atoms with Crippen LogP contribution in [0.15, 0.2) is 0 Å².